The van der Waals surface area contributed by atoms with Crippen LogP contribution in [0.4, 0.5) is 0 Å². The van der Waals surface area contributed by atoms with Gasteiger partial charge in [0.2, 0.25) is 0 Å². The van der Waals surface area contributed by atoms with E-state index in [0.717, 1.165) is 11.8 Å². The van der Waals surface area contributed by atoms with E-state index in [2.05, 4.69) is 26.0 Å². The van der Waals surface area contributed by atoms with E-state index in [0.29, 0.717) is 0 Å². The van der Waals surface area contributed by atoms with Crippen LogP contribution in [0.3, 0.4) is 0 Å². The lowest BCUT2D eigenvalue weighted by Gasteiger charge is -2.26. The third-order valence-corrected chi connectivity index (χ3v) is 4.75. The van der Waals surface area contributed by atoms with Gasteiger partial charge in [0, 0.05) is 9.75 Å². The highest BCUT2D eigenvalue weighted by molar-refractivity contribution is 7.12. The highest BCUT2D eigenvalue weighted by Crippen LogP contribution is 2.39. The fourth-order valence-corrected chi connectivity index (χ4v) is 3.57. The van der Waals surface area contributed by atoms with Gasteiger partial charge in [-0.2, -0.15) is 0 Å². The summed E-state index contributed by atoms with van der Waals surface area (Å²) in [5.74, 6) is 1.91. The van der Waals surface area contributed by atoms with Crippen LogP contribution >= 0.6 is 11.3 Å². The largest absolute Gasteiger partial charge is 0.145 e. The van der Waals surface area contributed by atoms with Crippen molar-refractivity contribution in [1.82, 2.24) is 0 Å². The maximum absolute atomic E-state index is 2.34. The van der Waals surface area contributed by atoms with Gasteiger partial charge in [-0.15, -0.1) is 11.3 Å². The Balaban J connectivity index is 1.95. The lowest BCUT2D eigenvalue weighted by Crippen LogP contribution is -2.11. The Morgan fingerprint density at radius 1 is 1.21 bits per heavy atom. The molecule has 0 aliphatic heterocycles. The highest BCUT2D eigenvalue weighted by atomic mass is 32.1. The van der Waals surface area contributed by atoms with E-state index in [1.807, 2.05) is 11.3 Å². The van der Waals surface area contributed by atoms with Crippen LogP contribution in [0.5, 0.6) is 0 Å². The number of thiophene rings is 1. The standard InChI is InChI=1S/C13H20S/c1-3-11-5-7-12(8-6-11)13-9-4-10(2)14-13/h4,9,11-12H,3,5-8H2,1-2H3/t11-,12-. The Morgan fingerprint density at radius 3 is 2.43 bits per heavy atom. The van der Waals surface area contributed by atoms with E-state index in [1.165, 1.54) is 37.0 Å². The predicted molar refractivity (Wildman–Crippen MR) is 64.0 cm³/mol. The summed E-state index contributed by atoms with van der Waals surface area (Å²) in [5, 5.41) is 0. The van der Waals surface area contributed by atoms with E-state index in [4.69, 9.17) is 0 Å². The maximum atomic E-state index is 2.34. The Hall–Kier alpha value is -0.300. The molecular weight excluding hydrogens is 188 g/mol. The van der Waals surface area contributed by atoms with Crippen LogP contribution < -0.4 is 0 Å². The number of aryl methyl sites for hydroxylation is 1. The Morgan fingerprint density at radius 2 is 1.93 bits per heavy atom. The molecule has 0 nitrogen and oxygen atoms in total. The van der Waals surface area contributed by atoms with Crippen LogP contribution in [0.25, 0.3) is 0 Å². The van der Waals surface area contributed by atoms with Crippen molar-refractivity contribution >= 4 is 11.3 Å². The summed E-state index contributed by atoms with van der Waals surface area (Å²) in [6.45, 7) is 4.55. The second-order valence-electron chi connectivity index (χ2n) is 4.57. The normalized spacial score (nSPS) is 27.9. The average molecular weight is 208 g/mol. The van der Waals surface area contributed by atoms with Crippen LogP contribution in [0.15, 0.2) is 12.1 Å². The minimum atomic E-state index is 0.886. The van der Waals surface area contributed by atoms with Crippen LogP contribution in [0, 0.1) is 12.8 Å². The molecule has 14 heavy (non-hydrogen) atoms. The maximum Gasteiger partial charge on any atom is 0.00790 e. The Kier molecular flexibility index (Phi) is 3.27. The van der Waals surface area contributed by atoms with Crippen molar-refractivity contribution in [3.8, 4) is 0 Å². The molecular formula is C13H20S. The van der Waals surface area contributed by atoms with Crippen molar-refractivity contribution in [2.75, 3.05) is 0 Å². The third kappa shape index (κ3) is 2.20. The lowest BCUT2D eigenvalue weighted by atomic mass is 9.80. The Labute approximate surface area is 91.4 Å². The summed E-state index contributed by atoms with van der Waals surface area (Å²) in [7, 11) is 0. The summed E-state index contributed by atoms with van der Waals surface area (Å²) >= 11 is 2.00. The fourth-order valence-electron chi connectivity index (χ4n) is 2.53. The molecule has 78 valence electrons. The van der Waals surface area contributed by atoms with Gasteiger partial charge in [-0.25, -0.2) is 0 Å². The molecule has 0 amide bonds. The van der Waals surface area contributed by atoms with Crippen LogP contribution in [0.1, 0.15) is 54.7 Å². The topological polar surface area (TPSA) is 0 Å². The zero-order valence-corrected chi connectivity index (χ0v) is 10.1. The first-order valence-corrected chi connectivity index (χ1v) is 6.67. The van der Waals surface area contributed by atoms with E-state index in [9.17, 15) is 0 Å². The molecule has 0 unspecified atom stereocenters. The molecule has 0 atom stereocenters. The fraction of sp³-hybridized carbons (Fsp3) is 0.692. The second kappa shape index (κ2) is 4.48. The van der Waals surface area contributed by atoms with E-state index in [-0.39, 0.29) is 0 Å². The molecule has 0 spiro atoms. The molecule has 1 heterocycles. The molecule has 2 rings (SSSR count). The van der Waals surface area contributed by atoms with Crippen LogP contribution in [-0.4, -0.2) is 0 Å². The molecule has 1 aliphatic carbocycles. The number of hydrogen-bond acceptors (Lipinski definition) is 1. The Bertz CT molecular complexity index is 279. The van der Waals surface area contributed by atoms with Crippen LogP contribution in [0.2, 0.25) is 0 Å². The highest BCUT2D eigenvalue weighted by Gasteiger charge is 2.21. The van der Waals surface area contributed by atoms with Crippen LogP contribution in [-0.2, 0) is 0 Å². The molecule has 1 aromatic rings. The van der Waals surface area contributed by atoms with Crippen molar-refractivity contribution in [2.24, 2.45) is 5.92 Å². The van der Waals surface area contributed by atoms with E-state index in [1.54, 1.807) is 4.88 Å². The molecule has 1 fully saturated rings. The minimum Gasteiger partial charge on any atom is -0.145 e. The monoisotopic (exact) mass is 208 g/mol. The first-order valence-electron chi connectivity index (χ1n) is 5.86. The minimum absolute atomic E-state index is 0.886. The molecule has 0 N–H and O–H groups in total. The molecule has 1 aliphatic rings. The predicted octanol–water partition coefficient (Wildman–Crippen LogP) is 4.74. The van der Waals surface area contributed by atoms with E-state index < -0.39 is 0 Å². The summed E-state index contributed by atoms with van der Waals surface area (Å²) in [4.78, 5) is 3.11. The van der Waals surface area contributed by atoms with Crippen molar-refractivity contribution in [3.05, 3.63) is 21.9 Å². The molecule has 1 saturated carbocycles. The van der Waals surface area contributed by atoms with Gasteiger partial charge < -0.3 is 0 Å². The summed E-state index contributed by atoms with van der Waals surface area (Å²) in [5.41, 5.74) is 0. The van der Waals surface area contributed by atoms with Gasteiger partial charge in [0.1, 0.15) is 0 Å². The first kappa shape index (κ1) is 10.2. The van der Waals surface area contributed by atoms with Crippen molar-refractivity contribution in [3.63, 3.8) is 0 Å². The second-order valence-corrected chi connectivity index (χ2v) is 5.89. The molecule has 1 aromatic heterocycles. The summed E-state index contributed by atoms with van der Waals surface area (Å²) in [6.07, 6.45) is 7.16. The van der Waals surface area contributed by atoms with Crippen molar-refractivity contribution < 1.29 is 0 Å². The molecule has 0 saturated heterocycles. The van der Waals surface area contributed by atoms with Gasteiger partial charge in [-0.1, -0.05) is 13.3 Å². The van der Waals surface area contributed by atoms with Gasteiger partial charge in [-0.05, 0) is 56.6 Å². The van der Waals surface area contributed by atoms with Gasteiger partial charge in [-0.3, -0.25) is 0 Å². The van der Waals surface area contributed by atoms with Gasteiger partial charge in [0.15, 0.2) is 0 Å². The summed E-state index contributed by atoms with van der Waals surface area (Å²) < 4.78 is 0. The number of hydrogen-bond donors (Lipinski definition) is 0. The van der Waals surface area contributed by atoms with Crippen molar-refractivity contribution in [1.29, 1.82) is 0 Å². The van der Waals surface area contributed by atoms with Gasteiger partial charge in [0.25, 0.3) is 0 Å². The molecule has 0 radical (unpaired) electrons. The zero-order valence-electron chi connectivity index (χ0n) is 9.25. The molecule has 0 bridgehead atoms. The van der Waals surface area contributed by atoms with E-state index >= 15 is 0 Å². The SMILES string of the molecule is CC[C@H]1CC[C@H](c2ccc(C)s2)CC1. The smallest absolute Gasteiger partial charge is 0.00790 e. The number of rotatable bonds is 2. The quantitative estimate of drug-likeness (QED) is 0.658. The van der Waals surface area contributed by atoms with Crippen molar-refractivity contribution in [2.45, 2.75) is 51.9 Å². The van der Waals surface area contributed by atoms with Gasteiger partial charge in [0.05, 0.1) is 0 Å². The third-order valence-electron chi connectivity index (χ3n) is 3.59. The lowest BCUT2D eigenvalue weighted by molar-refractivity contribution is 0.321. The zero-order chi connectivity index (χ0) is 9.97. The first-order chi connectivity index (χ1) is 6.79. The molecule has 0 aromatic carbocycles. The van der Waals surface area contributed by atoms with Gasteiger partial charge >= 0.3 is 0 Å². The molecule has 1 heteroatoms. The summed E-state index contributed by atoms with van der Waals surface area (Å²) in [6, 6.07) is 4.61. The average Bonchev–Trinajstić information content (AvgIpc) is 2.65.